The zero-order chi connectivity index (χ0) is 17.9. The minimum atomic E-state index is -3.60. The van der Waals surface area contributed by atoms with E-state index in [0.29, 0.717) is 36.5 Å². The summed E-state index contributed by atoms with van der Waals surface area (Å²) in [7, 11) is -1.83. The van der Waals surface area contributed by atoms with Gasteiger partial charge in [0.15, 0.2) is 0 Å². The highest BCUT2D eigenvalue weighted by Gasteiger charge is 2.30. The van der Waals surface area contributed by atoms with Crippen LogP contribution >= 0.6 is 11.6 Å². The van der Waals surface area contributed by atoms with Gasteiger partial charge >= 0.3 is 5.97 Å². The molecule has 134 valence electrons. The summed E-state index contributed by atoms with van der Waals surface area (Å²) in [4.78, 5) is 12.9. The van der Waals surface area contributed by atoms with E-state index >= 15 is 0 Å². The molecule has 24 heavy (non-hydrogen) atoms. The van der Waals surface area contributed by atoms with Gasteiger partial charge in [0, 0.05) is 24.2 Å². The lowest BCUT2D eigenvalue weighted by Gasteiger charge is -2.25. The number of likely N-dealkylation sites (N-methyl/N-ethyl adjacent to an activating group) is 1. The van der Waals surface area contributed by atoms with Gasteiger partial charge in [-0.2, -0.15) is 4.31 Å². The second-order valence-corrected chi connectivity index (χ2v) is 8.47. The van der Waals surface area contributed by atoms with Crippen molar-refractivity contribution in [3.05, 3.63) is 28.8 Å². The summed E-state index contributed by atoms with van der Waals surface area (Å²) in [5.74, 6) is -0.874. The third kappa shape index (κ3) is 4.27. The first-order valence-electron chi connectivity index (χ1n) is 7.90. The summed E-state index contributed by atoms with van der Waals surface area (Å²) in [5, 5.41) is 9.35. The van der Waals surface area contributed by atoms with E-state index in [0.717, 1.165) is 6.42 Å². The molecule has 1 saturated heterocycles. The molecule has 1 unspecified atom stereocenters. The number of carbonyl (C=O) groups is 1. The predicted molar refractivity (Wildman–Crippen MR) is 92.9 cm³/mol. The molecule has 0 amide bonds. The molecule has 0 radical (unpaired) electrons. The molecular weight excluding hydrogens is 352 g/mol. The SMILES string of the molecule is Cc1c(Cl)cccc1S(=O)(=O)N1CCCC(N(C)CC(=O)O)CC1. The van der Waals surface area contributed by atoms with Crippen molar-refractivity contribution in [2.24, 2.45) is 0 Å². The first kappa shape index (κ1) is 19.2. The van der Waals surface area contributed by atoms with Gasteiger partial charge in [0.25, 0.3) is 0 Å². The minimum Gasteiger partial charge on any atom is -0.480 e. The fourth-order valence-corrected chi connectivity index (χ4v) is 5.05. The molecule has 1 fully saturated rings. The molecule has 2 rings (SSSR count). The molecule has 0 saturated carbocycles. The number of halogens is 1. The number of hydrogen-bond donors (Lipinski definition) is 1. The lowest BCUT2D eigenvalue weighted by atomic mass is 10.1. The second kappa shape index (κ2) is 7.82. The van der Waals surface area contributed by atoms with Crippen molar-refractivity contribution in [2.45, 2.75) is 37.1 Å². The minimum absolute atomic E-state index is 0.0369. The Labute approximate surface area is 148 Å². The Morgan fingerprint density at radius 2 is 2.08 bits per heavy atom. The normalized spacial score (nSPS) is 20.1. The highest BCUT2D eigenvalue weighted by molar-refractivity contribution is 7.89. The van der Waals surface area contributed by atoms with Gasteiger partial charge < -0.3 is 5.11 Å². The maximum Gasteiger partial charge on any atom is 0.317 e. The van der Waals surface area contributed by atoms with Crippen LogP contribution in [0, 0.1) is 6.92 Å². The van der Waals surface area contributed by atoms with Gasteiger partial charge in [0.1, 0.15) is 0 Å². The van der Waals surface area contributed by atoms with Gasteiger partial charge in [-0.15, -0.1) is 0 Å². The lowest BCUT2D eigenvalue weighted by Crippen LogP contribution is -2.37. The van der Waals surface area contributed by atoms with Gasteiger partial charge in [0.05, 0.1) is 11.4 Å². The Morgan fingerprint density at radius 3 is 2.75 bits per heavy atom. The summed E-state index contributed by atoms with van der Waals surface area (Å²) >= 11 is 6.06. The zero-order valence-corrected chi connectivity index (χ0v) is 15.5. The molecule has 0 spiro atoms. The van der Waals surface area contributed by atoms with E-state index in [2.05, 4.69) is 0 Å². The van der Waals surface area contributed by atoms with Crippen LogP contribution in [0.4, 0.5) is 0 Å². The smallest absolute Gasteiger partial charge is 0.317 e. The van der Waals surface area contributed by atoms with Crippen LogP contribution in [0.3, 0.4) is 0 Å². The summed E-state index contributed by atoms with van der Waals surface area (Å²) in [6.45, 7) is 2.48. The molecule has 0 aliphatic carbocycles. The number of rotatable bonds is 5. The average Bonchev–Trinajstić information content (AvgIpc) is 2.75. The molecule has 8 heteroatoms. The average molecular weight is 375 g/mol. The number of aliphatic carboxylic acids is 1. The standard InChI is InChI=1S/C16H23ClN2O4S/c1-12-14(17)6-3-7-15(12)24(22,23)19-9-4-5-13(8-10-19)18(2)11-16(20)21/h3,6-7,13H,4-5,8-11H2,1-2H3,(H,20,21). The van der Waals surface area contributed by atoms with E-state index in [1.54, 1.807) is 37.1 Å². The van der Waals surface area contributed by atoms with E-state index in [-0.39, 0.29) is 17.5 Å². The van der Waals surface area contributed by atoms with E-state index in [1.807, 2.05) is 0 Å². The third-order valence-corrected chi connectivity index (χ3v) is 6.95. The first-order chi connectivity index (χ1) is 11.2. The van der Waals surface area contributed by atoms with Crippen LogP contribution in [0.1, 0.15) is 24.8 Å². The van der Waals surface area contributed by atoms with Gasteiger partial charge in [-0.05, 0) is 50.9 Å². The van der Waals surface area contributed by atoms with E-state index in [9.17, 15) is 13.2 Å². The number of benzene rings is 1. The lowest BCUT2D eigenvalue weighted by molar-refractivity contribution is -0.138. The number of carboxylic acid groups (broad SMARTS) is 1. The summed E-state index contributed by atoms with van der Waals surface area (Å²) < 4.78 is 27.3. The maximum atomic E-state index is 12.9. The van der Waals surface area contributed by atoms with Crippen LogP contribution in [0.5, 0.6) is 0 Å². The highest BCUT2D eigenvalue weighted by Crippen LogP contribution is 2.27. The number of nitrogens with zero attached hydrogens (tertiary/aromatic N) is 2. The molecule has 0 aromatic heterocycles. The van der Waals surface area contributed by atoms with Crippen molar-refractivity contribution in [2.75, 3.05) is 26.7 Å². The molecule has 0 bridgehead atoms. The van der Waals surface area contributed by atoms with Gasteiger partial charge in [-0.25, -0.2) is 8.42 Å². The molecule has 1 aromatic rings. The molecule has 1 aliphatic rings. The Morgan fingerprint density at radius 1 is 1.38 bits per heavy atom. The molecule has 1 N–H and O–H groups in total. The highest BCUT2D eigenvalue weighted by atomic mass is 35.5. The van der Waals surface area contributed by atoms with Crippen molar-refractivity contribution >= 4 is 27.6 Å². The van der Waals surface area contributed by atoms with Crippen LogP contribution in [-0.2, 0) is 14.8 Å². The van der Waals surface area contributed by atoms with Crippen LogP contribution in [-0.4, -0.2) is 61.4 Å². The fraction of sp³-hybridized carbons (Fsp3) is 0.562. The van der Waals surface area contributed by atoms with Crippen LogP contribution in [0.25, 0.3) is 0 Å². The zero-order valence-electron chi connectivity index (χ0n) is 13.9. The van der Waals surface area contributed by atoms with Crippen LogP contribution in [0.2, 0.25) is 5.02 Å². The van der Waals surface area contributed by atoms with Gasteiger partial charge in [-0.1, -0.05) is 17.7 Å². The largest absolute Gasteiger partial charge is 0.480 e. The monoisotopic (exact) mass is 374 g/mol. The molecule has 6 nitrogen and oxygen atoms in total. The number of sulfonamides is 1. The summed E-state index contributed by atoms with van der Waals surface area (Å²) in [6, 6.07) is 4.97. The maximum absolute atomic E-state index is 12.9. The first-order valence-corrected chi connectivity index (χ1v) is 9.72. The fourth-order valence-electron chi connectivity index (χ4n) is 3.08. The van der Waals surface area contributed by atoms with Crippen molar-refractivity contribution in [1.29, 1.82) is 0 Å². The van der Waals surface area contributed by atoms with Gasteiger partial charge in [-0.3, -0.25) is 9.69 Å². The molecule has 1 heterocycles. The summed E-state index contributed by atoms with van der Waals surface area (Å²) in [6.07, 6.45) is 2.10. The van der Waals surface area contributed by atoms with E-state index in [4.69, 9.17) is 16.7 Å². The Hall–Kier alpha value is -1.15. The van der Waals surface area contributed by atoms with Crippen LogP contribution < -0.4 is 0 Å². The van der Waals surface area contributed by atoms with Crippen molar-refractivity contribution in [1.82, 2.24) is 9.21 Å². The molecule has 1 atom stereocenters. The van der Waals surface area contributed by atoms with Crippen molar-refractivity contribution in [3.8, 4) is 0 Å². The van der Waals surface area contributed by atoms with Crippen molar-refractivity contribution < 1.29 is 18.3 Å². The van der Waals surface area contributed by atoms with E-state index < -0.39 is 16.0 Å². The van der Waals surface area contributed by atoms with Crippen molar-refractivity contribution in [3.63, 3.8) is 0 Å². The molecule has 1 aliphatic heterocycles. The Bertz CT molecular complexity index is 708. The quantitative estimate of drug-likeness (QED) is 0.854. The topological polar surface area (TPSA) is 77.9 Å². The van der Waals surface area contributed by atoms with E-state index in [1.165, 1.54) is 4.31 Å². The third-order valence-electron chi connectivity index (χ3n) is 4.50. The second-order valence-electron chi connectivity index (χ2n) is 6.16. The summed E-state index contributed by atoms with van der Waals surface area (Å²) in [5.41, 5.74) is 0.558. The predicted octanol–water partition coefficient (Wildman–Crippen LogP) is 2.21. The number of carboxylic acids is 1. The Balaban J connectivity index is 2.15. The van der Waals surface area contributed by atoms with Crippen LogP contribution in [0.15, 0.2) is 23.1 Å². The Kier molecular flexibility index (Phi) is 6.25. The number of hydrogen-bond acceptors (Lipinski definition) is 4. The molecule has 1 aromatic carbocycles. The molecular formula is C16H23ClN2O4S. The van der Waals surface area contributed by atoms with Gasteiger partial charge in [0.2, 0.25) is 10.0 Å².